The van der Waals surface area contributed by atoms with E-state index in [4.69, 9.17) is 28.4 Å². The van der Waals surface area contributed by atoms with Gasteiger partial charge in [0.1, 0.15) is 12.7 Å². The van der Waals surface area contributed by atoms with Crippen molar-refractivity contribution in [1.82, 2.24) is 0 Å². The fourth-order valence-electron chi connectivity index (χ4n) is 2.95. The molecule has 1 fully saturated rings. The third-order valence-electron chi connectivity index (χ3n) is 5.43. The van der Waals surface area contributed by atoms with Crippen LogP contribution in [0.1, 0.15) is 90.0 Å². The molecule has 0 aromatic carbocycles. The zero-order valence-electron chi connectivity index (χ0n) is 25.6. The second-order valence-electron chi connectivity index (χ2n) is 13.9. The lowest BCUT2D eigenvalue weighted by atomic mass is 9.93. The van der Waals surface area contributed by atoms with Crippen LogP contribution in [0.15, 0.2) is 0 Å². The Morgan fingerprint density at radius 1 is 0.538 bits per heavy atom. The van der Waals surface area contributed by atoms with Crippen LogP contribution in [0.3, 0.4) is 0 Å². The smallest absolute Gasteiger partial charge is 0.311 e. The Morgan fingerprint density at radius 3 is 1.26 bits per heavy atom. The molecule has 0 N–H and O–H groups in total. The third kappa shape index (κ3) is 10.1. The van der Waals surface area contributed by atoms with Crippen molar-refractivity contribution in [1.29, 1.82) is 0 Å². The van der Waals surface area contributed by atoms with Gasteiger partial charge in [0.25, 0.3) is 0 Å². The molecule has 1 saturated heterocycles. The lowest BCUT2D eigenvalue weighted by Gasteiger charge is -2.45. The topological polar surface area (TPSA) is 141 Å². The Balaban J connectivity index is 3.70. The SMILES string of the molecule is CC(=O)O[C@@H]1O[C@H](COC(=O)C(C)(C)C)[C@@H](OC(=O)C(C)(C)C)[C@H](OC(=O)C(C)(C)C)[C@H]1OC(=O)C(C)(C)C. The number of ether oxygens (including phenoxy) is 6. The first kappa shape index (κ1) is 34.3. The van der Waals surface area contributed by atoms with Crippen molar-refractivity contribution < 1.29 is 52.4 Å². The Bertz CT molecular complexity index is 925. The van der Waals surface area contributed by atoms with E-state index in [1.165, 1.54) is 0 Å². The molecule has 1 heterocycles. The van der Waals surface area contributed by atoms with E-state index >= 15 is 0 Å². The highest BCUT2D eigenvalue weighted by Gasteiger charge is 2.55. The van der Waals surface area contributed by atoms with Crippen LogP contribution in [0.4, 0.5) is 0 Å². The fraction of sp³-hybridized carbons (Fsp3) is 0.821. The van der Waals surface area contributed by atoms with Crippen molar-refractivity contribution in [3.63, 3.8) is 0 Å². The summed E-state index contributed by atoms with van der Waals surface area (Å²) in [5.41, 5.74) is -3.82. The van der Waals surface area contributed by atoms with Crippen molar-refractivity contribution in [2.45, 2.75) is 121 Å². The van der Waals surface area contributed by atoms with Crippen LogP contribution in [0.5, 0.6) is 0 Å². The molecule has 0 saturated carbocycles. The lowest BCUT2D eigenvalue weighted by Crippen LogP contribution is -2.64. The predicted molar refractivity (Wildman–Crippen MR) is 139 cm³/mol. The largest absolute Gasteiger partial charge is 0.462 e. The van der Waals surface area contributed by atoms with Gasteiger partial charge in [0.05, 0.1) is 21.7 Å². The molecule has 224 valence electrons. The summed E-state index contributed by atoms with van der Waals surface area (Å²) in [6.45, 7) is 20.2. The number of carbonyl (C=O) groups is 5. The molecule has 5 atom stereocenters. The van der Waals surface area contributed by atoms with Crippen molar-refractivity contribution in [3.8, 4) is 0 Å². The van der Waals surface area contributed by atoms with Crippen LogP contribution in [0.2, 0.25) is 0 Å². The van der Waals surface area contributed by atoms with Gasteiger partial charge in [0, 0.05) is 6.92 Å². The first-order valence-corrected chi connectivity index (χ1v) is 13.0. The molecule has 1 rings (SSSR count). The molecule has 0 aliphatic carbocycles. The minimum absolute atomic E-state index is 0.431. The molecule has 39 heavy (non-hydrogen) atoms. The second kappa shape index (κ2) is 12.2. The zero-order valence-corrected chi connectivity index (χ0v) is 25.6. The Labute approximate surface area is 231 Å². The average Bonchev–Trinajstić information content (AvgIpc) is 2.72. The highest BCUT2D eigenvalue weighted by molar-refractivity contribution is 5.78. The van der Waals surface area contributed by atoms with Gasteiger partial charge < -0.3 is 28.4 Å². The van der Waals surface area contributed by atoms with E-state index in [2.05, 4.69) is 0 Å². The normalized spacial score (nSPS) is 24.3. The maximum absolute atomic E-state index is 13.1. The van der Waals surface area contributed by atoms with E-state index < -0.39 is 88.8 Å². The second-order valence-corrected chi connectivity index (χ2v) is 13.9. The number of hydrogen-bond acceptors (Lipinski definition) is 11. The van der Waals surface area contributed by atoms with Crippen LogP contribution in [-0.4, -0.2) is 67.2 Å². The molecule has 0 unspecified atom stereocenters. The predicted octanol–water partition coefficient (Wildman–Crippen LogP) is 3.74. The Morgan fingerprint density at radius 2 is 0.897 bits per heavy atom. The van der Waals surface area contributed by atoms with Gasteiger partial charge in [0.15, 0.2) is 12.2 Å². The summed E-state index contributed by atoms with van der Waals surface area (Å²) in [6.07, 6.45) is -7.16. The van der Waals surface area contributed by atoms with E-state index in [-0.39, 0.29) is 0 Å². The number of carbonyl (C=O) groups excluding carboxylic acids is 5. The zero-order chi connectivity index (χ0) is 30.7. The quantitative estimate of drug-likeness (QED) is 0.348. The monoisotopic (exact) mass is 558 g/mol. The van der Waals surface area contributed by atoms with Gasteiger partial charge in [0.2, 0.25) is 12.4 Å². The van der Waals surface area contributed by atoms with Crippen LogP contribution in [0, 0.1) is 21.7 Å². The number of esters is 5. The van der Waals surface area contributed by atoms with Crippen molar-refractivity contribution in [2.75, 3.05) is 6.61 Å². The van der Waals surface area contributed by atoms with Gasteiger partial charge in [-0.15, -0.1) is 0 Å². The first-order valence-electron chi connectivity index (χ1n) is 13.0. The van der Waals surface area contributed by atoms with Crippen LogP contribution in [-0.2, 0) is 52.4 Å². The summed E-state index contributed by atoms with van der Waals surface area (Å²) in [6, 6.07) is 0. The molecule has 0 aromatic heterocycles. The molecule has 1 aliphatic heterocycles. The summed E-state index contributed by atoms with van der Waals surface area (Å²) >= 11 is 0. The molecule has 0 radical (unpaired) electrons. The first-order chi connectivity index (χ1) is 17.4. The van der Waals surface area contributed by atoms with E-state index in [1.807, 2.05) is 0 Å². The minimum atomic E-state index is -1.56. The van der Waals surface area contributed by atoms with Crippen LogP contribution >= 0.6 is 0 Å². The molecule has 11 heteroatoms. The third-order valence-corrected chi connectivity index (χ3v) is 5.43. The van der Waals surface area contributed by atoms with E-state index in [9.17, 15) is 24.0 Å². The maximum atomic E-state index is 13.1. The van der Waals surface area contributed by atoms with Gasteiger partial charge in [-0.3, -0.25) is 24.0 Å². The summed E-state index contributed by atoms with van der Waals surface area (Å²) in [7, 11) is 0. The standard InChI is InChI=1S/C28H46O11/c1-15(29)35-20-19(39-24(33)28(11,12)13)18(38-23(32)27(8,9)10)17(37-22(31)26(5,6)7)16(36-20)14-34-21(30)25(2,3)4/h16-20H,14H2,1-13H3/t16-,17-,18+,19-,20-/m1/s1. The van der Waals surface area contributed by atoms with Gasteiger partial charge in [-0.1, -0.05) is 0 Å². The van der Waals surface area contributed by atoms with E-state index in [0.717, 1.165) is 6.92 Å². The summed E-state index contributed by atoms with van der Waals surface area (Å²) < 4.78 is 34.0. The highest BCUT2D eigenvalue weighted by Crippen LogP contribution is 2.34. The molecular formula is C28H46O11. The fourth-order valence-corrected chi connectivity index (χ4v) is 2.95. The molecule has 1 aliphatic rings. The number of hydrogen-bond donors (Lipinski definition) is 0. The Hall–Kier alpha value is -2.69. The van der Waals surface area contributed by atoms with Gasteiger partial charge in [-0.05, 0) is 83.1 Å². The molecular weight excluding hydrogens is 512 g/mol. The van der Waals surface area contributed by atoms with Crippen molar-refractivity contribution in [2.24, 2.45) is 21.7 Å². The van der Waals surface area contributed by atoms with Gasteiger partial charge >= 0.3 is 29.8 Å². The maximum Gasteiger partial charge on any atom is 0.311 e. The number of rotatable bonds is 6. The van der Waals surface area contributed by atoms with Gasteiger partial charge in [-0.2, -0.15) is 0 Å². The van der Waals surface area contributed by atoms with Crippen molar-refractivity contribution in [3.05, 3.63) is 0 Å². The summed E-state index contributed by atoms with van der Waals surface area (Å²) in [5, 5.41) is 0. The van der Waals surface area contributed by atoms with Crippen LogP contribution in [0.25, 0.3) is 0 Å². The molecule has 0 amide bonds. The average molecular weight is 559 g/mol. The summed E-state index contributed by atoms with van der Waals surface area (Å²) in [5.74, 6) is -3.42. The summed E-state index contributed by atoms with van der Waals surface area (Å²) in [4.78, 5) is 63.6. The van der Waals surface area contributed by atoms with Crippen molar-refractivity contribution >= 4 is 29.8 Å². The minimum Gasteiger partial charge on any atom is -0.462 e. The van der Waals surface area contributed by atoms with E-state index in [0.29, 0.717) is 0 Å². The Kier molecular flexibility index (Phi) is 10.8. The molecule has 0 spiro atoms. The highest BCUT2D eigenvalue weighted by atomic mass is 16.7. The molecule has 0 aromatic rings. The molecule has 0 bridgehead atoms. The molecule has 11 nitrogen and oxygen atoms in total. The van der Waals surface area contributed by atoms with E-state index in [1.54, 1.807) is 83.1 Å². The van der Waals surface area contributed by atoms with Crippen LogP contribution < -0.4 is 0 Å². The van der Waals surface area contributed by atoms with Gasteiger partial charge in [-0.25, -0.2) is 0 Å². The lowest BCUT2D eigenvalue weighted by molar-refractivity contribution is -0.304.